The molecule has 0 spiro atoms. The highest BCUT2D eigenvalue weighted by atomic mass is 32.1. The lowest BCUT2D eigenvalue weighted by atomic mass is 9.96. The van der Waals surface area contributed by atoms with Crippen LogP contribution in [-0.4, -0.2) is 15.0 Å². The van der Waals surface area contributed by atoms with Gasteiger partial charge in [-0.2, -0.15) is 0 Å². The predicted octanol–water partition coefficient (Wildman–Crippen LogP) is 14.8. The standard InChI is InChI=1S/C53H31N3OS/c1-2-11-32(12-3-1)34-21-24-35(25-22-34)51-54-52(39-26-23-33-13-4-5-14-36(33)27-39)56-53(55-51)45-29-40(41-18-10-19-43-42-17-8-9-20-48(42)58-50(41)43)31-47-49(45)44-28-37-15-6-7-16-38(37)30-46(44)57-47/h1-31H. The third kappa shape index (κ3) is 5.40. The Morgan fingerprint density at radius 2 is 0.966 bits per heavy atom. The van der Waals surface area contributed by atoms with Gasteiger partial charge in [0.05, 0.1) is 0 Å². The number of hydrogen-bond donors (Lipinski definition) is 0. The van der Waals surface area contributed by atoms with E-state index in [0.717, 1.165) is 77.0 Å². The first kappa shape index (κ1) is 32.7. The highest BCUT2D eigenvalue weighted by molar-refractivity contribution is 7.26. The van der Waals surface area contributed by atoms with E-state index < -0.39 is 0 Å². The number of aromatic nitrogens is 3. The van der Waals surface area contributed by atoms with Crippen LogP contribution in [0.25, 0.3) is 120 Å². The number of nitrogens with zero attached hydrogens (tertiary/aromatic N) is 3. The number of benzene rings is 9. The second-order valence-corrected chi connectivity index (χ2v) is 15.8. The van der Waals surface area contributed by atoms with Crippen LogP contribution >= 0.6 is 11.3 Å². The summed E-state index contributed by atoms with van der Waals surface area (Å²) in [6, 6.07) is 66.3. The van der Waals surface area contributed by atoms with Crippen LogP contribution in [0.1, 0.15) is 0 Å². The van der Waals surface area contributed by atoms with E-state index in [2.05, 4.69) is 182 Å². The Hall–Kier alpha value is -7.47. The Morgan fingerprint density at radius 1 is 0.345 bits per heavy atom. The van der Waals surface area contributed by atoms with Crippen LogP contribution in [-0.2, 0) is 0 Å². The van der Waals surface area contributed by atoms with Crippen LogP contribution in [0.2, 0.25) is 0 Å². The molecule has 58 heavy (non-hydrogen) atoms. The van der Waals surface area contributed by atoms with Gasteiger partial charge in [-0.3, -0.25) is 0 Å². The second kappa shape index (κ2) is 13.1. The third-order valence-electron chi connectivity index (χ3n) is 11.3. The predicted molar refractivity (Wildman–Crippen MR) is 242 cm³/mol. The molecule has 0 aliphatic carbocycles. The molecule has 5 heteroatoms. The molecule has 3 aromatic heterocycles. The Labute approximate surface area is 337 Å². The van der Waals surface area contributed by atoms with Gasteiger partial charge in [0.1, 0.15) is 11.2 Å². The van der Waals surface area contributed by atoms with Crippen molar-refractivity contribution < 1.29 is 4.42 Å². The maximum atomic E-state index is 6.82. The molecule has 0 fully saturated rings. The molecule has 3 heterocycles. The first-order chi connectivity index (χ1) is 28.7. The van der Waals surface area contributed by atoms with Gasteiger partial charge in [0.2, 0.25) is 0 Å². The summed E-state index contributed by atoms with van der Waals surface area (Å²) in [5.74, 6) is 1.81. The highest BCUT2D eigenvalue weighted by Crippen LogP contribution is 2.45. The van der Waals surface area contributed by atoms with Gasteiger partial charge in [0.25, 0.3) is 0 Å². The summed E-state index contributed by atoms with van der Waals surface area (Å²) in [7, 11) is 0. The number of hydrogen-bond acceptors (Lipinski definition) is 5. The summed E-state index contributed by atoms with van der Waals surface area (Å²) in [4.78, 5) is 15.9. The largest absolute Gasteiger partial charge is 0.456 e. The molecule has 12 rings (SSSR count). The van der Waals surface area contributed by atoms with Crippen LogP contribution < -0.4 is 0 Å². The number of furan rings is 1. The van der Waals surface area contributed by atoms with Gasteiger partial charge in [-0.25, -0.2) is 15.0 Å². The van der Waals surface area contributed by atoms with Crippen LogP contribution in [0.15, 0.2) is 192 Å². The highest BCUT2D eigenvalue weighted by Gasteiger charge is 2.22. The van der Waals surface area contributed by atoms with Crippen molar-refractivity contribution in [2.45, 2.75) is 0 Å². The number of thiophene rings is 1. The third-order valence-corrected chi connectivity index (χ3v) is 12.5. The minimum atomic E-state index is 0.589. The van der Waals surface area contributed by atoms with Crippen molar-refractivity contribution in [3.8, 4) is 56.4 Å². The van der Waals surface area contributed by atoms with Crippen molar-refractivity contribution >= 4 is 75.0 Å². The molecule has 9 aromatic carbocycles. The summed E-state index contributed by atoms with van der Waals surface area (Å²) in [5.41, 5.74) is 8.84. The zero-order chi connectivity index (χ0) is 38.2. The second-order valence-electron chi connectivity index (χ2n) is 14.8. The molecule has 0 N–H and O–H groups in total. The van der Waals surface area contributed by atoms with Gasteiger partial charge < -0.3 is 4.42 Å². The fraction of sp³-hybridized carbons (Fsp3) is 0. The van der Waals surface area contributed by atoms with Crippen molar-refractivity contribution in [3.05, 3.63) is 188 Å². The Bertz CT molecular complexity index is 3570. The monoisotopic (exact) mass is 757 g/mol. The van der Waals surface area contributed by atoms with E-state index in [4.69, 9.17) is 19.4 Å². The molecular formula is C53H31N3OS. The van der Waals surface area contributed by atoms with Crippen LogP contribution in [0.4, 0.5) is 0 Å². The topological polar surface area (TPSA) is 51.8 Å². The first-order valence-electron chi connectivity index (χ1n) is 19.4. The fourth-order valence-corrected chi connectivity index (χ4v) is 9.66. The smallest absolute Gasteiger partial charge is 0.164 e. The normalized spacial score (nSPS) is 11.8. The van der Waals surface area contributed by atoms with Crippen molar-refractivity contribution in [1.82, 2.24) is 15.0 Å². The maximum absolute atomic E-state index is 6.82. The average Bonchev–Trinajstić information content (AvgIpc) is 3.86. The molecule has 4 nitrogen and oxygen atoms in total. The van der Waals surface area contributed by atoms with Crippen molar-refractivity contribution in [2.75, 3.05) is 0 Å². The summed E-state index contributed by atoms with van der Waals surface area (Å²) < 4.78 is 9.33. The fourth-order valence-electron chi connectivity index (χ4n) is 8.42. The average molecular weight is 758 g/mol. The SMILES string of the molecule is c1ccc(-c2ccc(-c3nc(-c4ccc5ccccc5c4)nc(-c4cc(-c5cccc6c5sc5ccccc56)cc5oc6cc7ccccc7cc6c45)n3)cc2)cc1. The summed E-state index contributed by atoms with van der Waals surface area (Å²) >= 11 is 1.82. The van der Waals surface area contributed by atoms with Crippen LogP contribution in [0.5, 0.6) is 0 Å². The summed E-state index contributed by atoms with van der Waals surface area (Å²) in [6.45, 7) is 0. The van der Waals surface area contributed by atoms with Gasteiger partial charge in [-0.15, -0.1) is 11.3 Å². The van der Waals surface area contributed by atoms with Crippen LogP contribution in [0, 0.1) is 0 Å². The van der Waals surface area contributed by atoms with E-state index in [1.165, 1.54) is 25.6 Å². The molecule has 0 bridgehead atoms. The van der Waals surface area contributed by atoms with Gasteiger partial charge >= 0.3 is 0 Å². The first-order valence-corrected chi connectivity index (χ1v) is 20.2. The molecule has 0 amide bonds. The zero-order valence-electron chi connectivity index (χ0n) is 31.1. The molecule has 0 atom stereocenters. The van der Waals surface area contributed by atoms with E-state index in [9.17, 15) is 0 Å². The Morgan fingerprint density at radius 3 is 1.79 bits per heavy atom. The molecule has 0 saturated heterocycles. The van der Waals surface area contributed by atoms with Crippen molar-refractivity contribution in [2.24, 2.45) is 0 Å². The van der Waals surface area contributed by atoms with Crippen LogP contribution in [0.3, 0.4) is 0 Å². The molecule has 0 saturated carbocycles. The lowest BCUT2D eigenvalue weighted by Crippen LogP contribution is -2.01. The minimum Gasteiger partial charge on any atom is -0.456 e. The molecule has 0 aliphatic rings. The van der Waals surface area contributed by atoms with Gasteiger partial charge in [0, 0.05) is 47.6 Å². The zero-order valence-corrected chi connectivity index (χ0v) is 31.9. The Balaban J connectivity index is 1.14. The lowest BCUT2D eigenvalue weighted by molar-refractivity contribution is 0.669. The van der Waals surface area contributed by atoms with Gasteiger partial charge in [-0.1, -0.05) is 152 Å². The van der Waals surface area contributed by atoms with Gasteiger partial charge in [0.15, 0.2) is 17.5 Å². The van der Waals surface area contributed by atoms with E-state index in [0.29, 0.717) is 17.5 Å². The summed E-state index contributed by atoms with van der Waals surface area (Å²) in [6.07, 6.45) is 0. The maximum Gasteiger partial charge on any atom is 0.164 e. The van der Waals surface area contributed by atoms with Crippen molar-refractivity contribution in [3.63, 3.8) is 0 Å². The lowest BCUT2D eigenvalue weighted by Gasteiger charge is -2.12. The van der Waals surface area contributed by atoms with E-state index in [1.807, 2.05) is 17.4 Å². The Kier molecular flexibility index (Phi) is 7.37. The van der Waals surface area contributed by atoms with Gasteiger partial charge in [-0.05, 0) is 80.2 Å². The molecule has 0 aliphatic heterocycles. The molecule has 0 unspecified atom stereocenters. The number of rotatable bonds is 5. The minimum absolute atomic E-state index is 0.589. The van der Waals surface area contributed by atoms with Crippen molar-refractivity contribution in [1.29, 1.82) is 0 Å². The molecular weight excluding hydrogens is 727 g/mol. The summed E-state index contributed by atoms with van der Waals surface area (Å²) in [5, 5.41) is 9.09. The quantitative estimate of drug-likeness (QED) is 0.175. The molecule has 0 radical (unpaired) electrons. The number of fused-ring (bicyclic) bond motifs is 8. The molecule has 270 valence electrons. The van der Waals surface area contributed by atoms with E-state index in [1.54, 1.807) is 0 Å². The van der Waals surface area contributed by atoms with E-state index >= 15 is 0 Å². The van der Waals surface area contributed by atoms with E-state index in [-0.39, 0.29) is 0 Å². The molecule has 12 aromatic rings.